The van der Waals surface area contributed by atoms with Gasteiger partial charge in [-0.05, 0) is 18.4 Å². The predicted molar refractivity (Wildman–Crippen MR) is 106 cm³/mol. The van der Waals surface area contributed by atoms with Crippen LogP contribution in [-0.2, 0) is 0 Å². The molecule has 1 aliphatic heterocycles. The molecule has 2 N–H and O–H groups in total. The minimum atomic E-state index is -1.24. The van der Waals surface area contributed by atoms with Crippen molar-refractivity contribution in [1.29, 1.82) is 0 Å². The lowest BCUT2D eigenvalue weighted by atomic mass is 10.0. The second-order valence-corrected chi connectivity index (χ2v) is 7.43. The van der Waals surface area contributed by atoms with Gasteiger partial charge in [-0.15, -0.1) is 0 Å². The van der Waals surface area contributed by atoms with Gasteiger partial charge in [0, 0.05) is 30.4 Å². The van der Waals surface area contributed by atoms with Crippen LogP contribution in [0.5, 0.6) is 5.75 Å². The number of benzene rings is 1. The Morgan fingerprint density at radius 3 is 2.78 bits per heavy atom. The summed E-state index contributed by atoms with van der Waals surface area (Å²) in [5, 5.41) is 13.1. The average molecular weight is 391 g/mol. The molecule has 0 saturated heterocycles. The van der Waals surface area contributed by atoms with Crippen molar-refractivity contribution >= 4 is 23.3 Å². The van der Waals surface area contributed by atoms with Crippen LogP contribution in [0.4, 0.5) is 5.69 Å². The van der Waals surface area contributed by atoms with Gasteiger partial charge in [0.15, 0.2) is 5.43 Å². The fourth-order valence-electron chi connectivity index (χ4n) is 3.24. The molecule has 144 valence electrons. The molecule has 0 fully saturated rings. The van der Waals surface area contributed by atoms with Crippen LogP contribution >= 0.6 is 11.6 Å². The minimum Gasteiger partial charge on any atom is -0.491 e. The smallest absolute Gasteiger partial charge is 0.341 e. The van der Waals surface area contributed by atoms with Gasteiger partial charge in [-0.1, -0.05) is 32.4 Å². The molecule has 0 unspecified atom stereocenters. The molecule has 6 nitrogen and oxygen atoms in total. The number of nitrogens with zero attached hydrogens (tertiary/aromatic N) is 1. The Hall–Kier alpha value is -2.47. The molecule has 0 aliphatic carbocycles. The van der Waals surface area contributed by atoms with E-state index < -0.39 is 11.4 Å². The lowest BCUT2D eigenvalue weighted by Gasteiger charge is -2.24. The Morgan fingerprint density at radius 1 is 1.41 bits per heavy atom. The van der Waals surface area contributed by atoms with Gasteiger partial charge >= 0.3 is 5.97 Å². The third-order valence-corrected chi connectivity index (χ3v) is 5.07. The Balaban J connectivity index is 2.23. The van der Waals surface area contributed by atoms with Crippen molar-refractivity contribution in [3.05, 3.63) is 45.2 Å². The molecule has 1 aromatic heterocycles. The summed E-state index contributed by atoms with van der Waals surface area (Å²) in [6.45, 7) is 7.29. The van der Waals surface area contributed by atoms with Gasteiger partial charge < -0.3 is 19.7 Å². The lowest BCUT2D eigenvalue weighted by molar-refractivity contribution is 0.0694. The van der Waals surface area contributed by atoms with E-state index in [4.69, 9.17) is 16.3 Å². The van der Waals surface area contributed by atoms with Crippen LogP contribution in [0.2, 0.25) is 5.02 Å². The summed E-state index contributed by atoms with van der Waals surface area (Å²) >= 11 is 6.44. The number of hydrogen-bond acceptors (Lipinski definition) is 4. The molecule has 0 bridgehead atoms. The van der Waals surface area contributed by atoms with Crippen LogP contribution in [0, 0.1) is 5.92 Å². The number of hydrogen-bond donors (Lipinski definition) is 2. The van der Waals surface area contributed by atoms with E-state index in [9.17, 15) is 14.7 Å². The molecule has 0 spiro atoms. The highest BCUT2D eigenvalue weighted by Crippen LogP contribution is 2.41. The monoisotopic (exact) mass is 390 g/mol. The Kier molecular flexibility index (Phi) is 5.46. The summed E-state index contributed by atoms with van der Waals surface area (Å²) in [6.07, 6.45) is 2.38. The molecular formula is C20H23ClN2O4. The number of carbonyl (C=O) groups is 1. The molecule has 1 aliphatic rings. The topological polar surface area (TPSA) is 80.6 Å². The van der Waals surface area contributed by atoms with Gasteiger partial charge in [0.1, 0.15) is 17.9 Å². The minimum absolute atomic E-state index is 0.114. The summed E-state index contributed by atoms with van der Waals surface area (Å²) in [5.74, 6) is -0.437. The molecule has 2 heterocycles. The Bertz CT molecular complexity index is 936. The van der Waals surface area contributed by atoms with E-state index in [1.54, 1.807) is 6.07 Å². The maximum Gasteiger partial charge on any atom is 0.341 e. The molecule has 3 rings (SSSR count). The fraction of sp³-hybridized carbons (Fsp3) is 0.400. The number of carboxylic acids is 1. The van der Waals surface area contributed by atoms with E-state index in [0.29, 0.717) is 28.6 Å². The maximum absolute atomic E-state index is 12.3. The number of aromatic carboxylic acids is 1. The van der Waals surface area contributed by atoms with Crippen molar-refractivity contribution in [2.45, 2.75) is 33.2 Å². The van der Waals surface area contributed by atoms with Crippen LogP contribution in [0.1, 0.15) is 43.6 Å². The number of carboxylic acid groups (broad SMARTS) is 1. The van der Waals surface area contributed by atoms with Crippen molar-refractivity contribution < 1.29 is 14.6 Å². The van der Waals surface area contributed by atoms with Crippen molar-refractivity contribution in [2.75, 3.05) is 18.5 Å². The number of rotatable bonds is 5. The van der Waals surface area contributed by atoms with Gasteiger partial charge in [-0.3, -0.25) is 4.79 Å². The van der Waals surface area contributed by atoms with Crippen molar-refractivity contribution in [1.82, 2.24) is 4.57 Å². The summed E-state index contributed by atoms with van der Waals surface area (Å²) in [7, 11) is 0. The number of nitrogens with one attached hydrogen (secondary N) is 1. The number of pyridine rings is 1. The Morgan fingerprint density at radius 2 is 2.15 bits per heavy atom. The molecule has 0 saturated carbocycles. The van der Waals surface area contributed by atoms with E-state index in [1.807, 2.05) is 24.5 Å². The third-order valence-electron chi connectivity index (χ3n) is 4.76. The number of anilines is 1. The highest BCUT2D eigenvalue weighted by atomic mass is 35.5. The Labute approximate surface area is 162 Å². The highest BCUT2D eigenvalue weighted by molar-refractivity contribution is 6.33. The van der Waals surface area contributed by atoms with E-state index in [2.05, 4.69) is 12.2 Å². The zero-order valence-corrected chi connectivity index (χ0v) is 16.3. The van der Waals surface area contributed by atoms with Crippen LogP contribution in [0.25, 0.3) is 11.3 Å². The van der Waals surface area contributed by atoms with Crippen LogP contribution in [0.3, 0.4) is 0 Å². The molecule has 0 amide bonds. The summed E-state index contributed by atoms with van der Waals surface area (Å²) < 4.78 is 7.88. The first-order chi connectivity index (χ1) is 12.8. The van der Waals surface area contributed by atoms with Gasteiger partial charge in [0.25, 0.3) is 0 Å². The molecule has 27 heavy (non-hydrogen) atoms. The zero-order valence-electron chi connectivity index (χ0n) is 15.6. The van der Waals surface area contributed by atoms with Crippen molar-refractivity contribution in [3.8, 4) is 17.0 Å². The zero-order chi connectivity index (χ0) is 19.7. The number of fused-ring (bicyclic) bond motifs is 3. The van der Waals surface area contributed by atoms with Crippen LogP contribution in [-0.4, -0.2) is 28.8 Å². The van der Waals surface area contributed by atoms with Crippen molar-refractivity contribution in [2.24, 2.45) is 5.92 Å². The molecule has 7 heteroatoms. The van der Waals surface area contributed by atoms with E-state index in [0.717, 1.165) is 18.7 Å². The normalized spacial score (nSPS) is 15.5. The molecular weight excluding hydrogens is 368 g/mol. The van der Waals surface area contributed by atoms with E-state index >= 15 is 0 Å². The van der Waals surface area contributed by atoms with E-state index in [-0.39, 0.29) is 17.5 Å². The highest BCUT2D eigenvalue weighted by Gasteiger charge is 2.27. The first kappa shape index (κ1) is 19.3. The lowest BCUT2D eigenvalue weighted by Crippen LogP contribution is -2.25. The quantitative estimate of drug-likeness (QED) is 0.796. The SMILES string of the molecule is CCCNc1cc2c(cc1Cl)-c1cc(=O)c(C(=O)O)cn1[C@H](C(C)C)CO2. The van der Waals surface area contributed by atoms with Crippen LogP contribution in [0.15, 0.2) is 29.2 Å². The number of halogens is 1. The van der Waals surface area contributed by atoms with Gasteiger partial charge in [-0.2, -0.15) is 0 Å². The second-order valence-electron chi connectivity index (χ2n) is 7.03. The first-order valence-corrected chi connectivity index (χ1v) is 9.41. The fourth-order valence-corrected chi connectivity index (χ4v) is 3.47. The van der Waals surface area contributed by atoms with Crippen LogP contribution < -0.4 is 15.5 Å². The second kappa shape index (κ2) is 7.64. The molecule has 0 radical (unpaired) electrons. The maximum atomic E-state index is 12.3. The largest absolute Gasteiger partial charge is 0.491 e. The third kappa shape index (κ3) is 3.67. The number of ether oxygens (including phenoxy) is 1. The molecule has 1 atom stereocenters. The van der Waals surface area contributed by atoms with Crippen molar-refractivity contribution in [3.63, 3.8) is 0 Å². The summed E-state index contributed by atoms with van der Waals surface area (Å²) in [5.41, 5.74) is 1.28. The summed E-state index contributed by atoms with van der Waals surface area (Å²) in [6, 6.07) is 4.86. The van der Waals surface area contributed by atoms with Gasteiger partial charge in [0.05, 0.1) is 22.4 Å². The average Bonchev–Trinajstić information content (AvgIpc) is 2.75. The first-order valence-electron chi connectivity index (χ1n) is 9.03. The predicted octanol–water partition coefficient (Wildman–Crippen LogP) is 4.28. The van der Waals surface area contributed by atoms with Gasteiger partial charge in [-0.25, -0.2) is 4.79 Å². The molecule has 2 aromatic rings. The molecule has 1 aromatic carbocycles. The van der Waals surface area contributed by atoms with E-state index in [1.165, 1.54) is 12.3 Å². The standard InChI is InChI=1S/C20H23ClN2O4/c1-4-5-22-15-7-19-12(6-14(15)21)16-8-18(24)13(20(25)26)9-23(16)17(10-27-19)11(2)3/h6-9,11,17,22H,4-5,10H2,1-3H3,(H,25,26)/t17-/m0/s1. The van der Waals surface area contributed by atoms with Gasteiger partial charge in [0.2, 0.25) is 0 Å². The number of aromatic nitrogens is 1. The summed E-state index contributed by atoms with van der Waals surface area (Å²) in [4.78, 5) is 23.8.